The molecule has 1 heterocycles. The van der Waals surface area contributed by atoms with Crippen LogP contribution in [0.25, 0.3) is 0 Å². The molecular formula is C20H35IN4OS. The first-order valence-corrected chi connectivity index (χ1v) is 11.0. The van der Waals surface area contributed by atoms with Crippen LogP contribution in [0.3, 0.4) is 0 Å². The SMILES string of the molecule is CN=C(NCCCCSC)NCC(c1cccc(OC)c1)N1CCCC1.I. The number of thioether (sulfide) groups is 1. The number of nitrogens with zero attached hydrogens (tertiary/aromatic N) is 2. The lowest BCUT2D eigenvalue weighted by Gasteiger charge is -2.29. The molecule has 0 spiro atoms. The minimum atomic E-state index is 0. The number of aliphatic imine (C=N–C) groups is 1. The van der Waals surface area contributed by atoms with E-state index in [4.69, 9.17) is 4.74 Å². The van der Waals surface area contributed by atoms with E-state index in [0.717, 1.165) is 37.9 Å². The van der Waals surface area contributed by atoms with Gasteiger partial charge in [-0.25, -0.2) is 0 Å². The average molecular weight is 506 g/mol. The zero-order chi connectivity index (χ0) is 18.6. The van der Waals surface area contributed by atoms with Crippen LogP contribution in [0.4, 0.5) is 0 Å². The summed E-state index contributed by atoms with van der Waals surface area (Å²) >= 11 is 1.91. The molecule has 0 aliphatic carbocycles. The van der Waals surface area contributed by atoms with Crippen molar-refractivity contribution in [2.24, 2.45) is 4.99 Å². The molecule has 1 aliphatic heterocycles. The van der Waals surface area contributed by atoms with Crippen LogP contribution in [-0.2, 0) is 0 Å². The van der Waals surface area contributed by atoms with Crippen LogP contribution in [0, 0.1) is 0 Å². The highest BCUT2D eigenvalue weighted by atomic mass is 127. The largest absolute Gasteiger partial charge is 0.497 e. The predicted octanol–water partition coefficient (Wildman–Crippen LogP) is 3.76. The molecule has 7 heteroatoms. The Morgan fingerprint density at radius 2 is 2.04 bits per heavy atom. The number of methoxy groups -OCH3 is 1. The third-order valence-electron chi connectivity index (χ3n) is 4.81. The van der Waals surface area contributed by atoms with Gasteiger partial charge in [0, 0.05) is 20.1 Å². The van der Waals surface area contributed by atoms with E-state index in [0.29, 0.717) is 6.04 Å². The van der Waals surface area contributed by atoms with Crippen molar-refractivity contribution in [3.8, 4) is 5.75 Å². The Morgan fingerprint density at radius 1 is 1.26 bits per heavy atom. The van der Waals surface area contributed by atoms with Gasteiger partial charge < -0.3 is 15.4 Å². The van der Waals surface area contributed by atoms with Crippen molar-refractivity contribution < 1.29 is 4.74 Å². The number of rotatable bonds is 10. The topological polar surface area (TPSA) is 48.9 Å². The standard InChI is InChI=1S/C20H34N4OS.HI/c1-21-20(22-11-4-7-14-26-3)23-16-19(24-12-5-6-13-24)17-9-8-10-18(15-17)25-2;/h8-10,15,19H,4-7,11-14,16H2,1-3H3,(H2,21,22,23);1H. The van der Waals surface area contributed by atoms with Gasteiger partial charge in [-0.2, -0.15) is 11.8 Å². The maximum absolute atomic E-state index is 5.42. The van der Waals surface area contributed by atoms with Crippen LogP contribution < -0.4 is 15.4 Å². The summed E-state index contributed by atoms with van der Waals surface area (Å²) in [6, 6.07) is 8.78. The van der Waals surface area contributed by atoms with Gasteiger partial charge in [0.15, 0.2) is 5.96 Å². The first-order valence-electron chi connectivity index (χ1n) is 9.60. The Kier molecular flexibility index (Phi) is 12.9. The second-order valence-corrected chi connectivity index (χ2v) is 7.60. The molecule has 154 valence electrons. The minimum Gasteiger partial charge on any atom is -0.497 e. The van der Waals surface area contributed by atoms with Crippen LogP contribution in [0.1, 0.15) is 37.3 Å². The van der Waals surface area contributed by atoms with Gasteiger partial charge in [-0.1, -0.05) is 12.1 Å². The molecule has 0 bridgehead atoms. The van der Waals surface area contributed by atoms with Gasteiger partial charge in [-0.3, -0.25) is 9.89 Å². The van der Waals surface area contributed by atoms with Crippen molar-refractivity contribution in [3.05, 3.63) is 29.8 Å². The van der Waals surface area contributed by atoms with E-state index in [1.54, 1.807) is 7.11 Å². The molecule has 0 saturated carbocycles. The number of hydrogen-bond donors (Lipinski definition) is 2. The van der Waals surface area contributed by atoms with Crippen LogP contribution in [0.2, 0.25) is 0 Å². The van der Waals surface area contributed by atoms with Crippen LogP contribution in [-0.4, -0.2) is 63.2 Å². The fourth-order valence-corrected chi connectivity index (χ4v) is 3.84. The van der Waals surface area contributed by atoms with Crippen molar-refractivity contribution >= 4 is 41.7 Å². The number of halogens is 1. The Balaban J connectivity index is 0.00000364. The van der Waals surface area contributed by atoms with Gasteiger partial charge in [0.1, 0.15) is 5.75 Å². The summed E-state index contributed by atoms with van der Waals surface area (Å²) in [4.78, 5) is 6.94. The number of unbranched alkanes of at least 4 members (excludes halogenated alkanes) is 1. The molecule has 2 N–H and O–H groups in total. The molecule has 1 aromatic carbocycles. The molecule has 0 aromatic heterocycles. The first-order chi connectivity index (χ1) is 12.8. The highest BCUT2D eigenvalue weighted by Crippen LogP contribution is 2.27. The summed E-state index contributed by atoms with van der Waals surface area (Å²) in [5.74, 6) is 3.03. The molecule has 1 aromatic rings. The Bertz CT molecular complexity index is 553. The fourth-order valence-electron chi connectivity index (χ4n) is 3.35. The molecule has 0 amide bonds. The monoisotopic (exact) mass is 506 g/mol. The van der Waals surface area contributed by atoms with Crippen molar-refractivity contribution in [3.63, 3.8) is 0 Å². The van der Waals surface area contributed by atoms with E-state index in [9.17, 15) is 0 Å². The Labute approximate surface area is 186 Å². The smallest absolute Gasteiger partial charge is 0.191 e. The maximum atomic E-state index is 5.42. The normalized spacial score (nSPS) is 15.9. The second-order valence-electron chi connectivity index (χ2n) is 6.62. The van der Waals surface area contributed by atoms with Crippen molar-refractivity contribution in [2.45, 2.75) is 31.7 Å². The summed E-state index contributed by atoms with van der Waals surface area (Å²) in [5, 5.41) is 6.96. The molecule has 2 rings (SSSR count). The van der Waals surface area contributed by atoms with E-state index < -0.39 is 0 Å². The summed E-state index contributed by atoms with van der Waals surface area (Å²) in [7, 11) is 3.57. The third kappa shape index (κ3) is 8.48. The van der Waals surface area contributed by atoms with Gasteiger partial charge >= 0.3 is 0 Å². The highest BCUT2D eigenvalue weighted by Gasteiger charge is 2.24. The number of nitrogens with one attached hydrogen (secondary N) is 2. The predicted molar refractivity (Wildman–Crippen MR) is 129 cm³/mol. The van der Waals surface area contributed by atoms with Crippen molar-refractivity contribution in [1.82, 2.24) is 15.5 Å². The summed E-state index contributed by atoms with van der Waals surface area (Å²) < 4.78 is 5.42. The zero-order valence-corrected chi connectivity index (χ0v) is 20.0. The molecule has 0 radical (unpaired) electrons. The molecule has 1 fully saturated rings. The number of ether oxygens (including phenoxy) is 1. The Morgan fingerprint density at radius 3 is 2.70 bits per heavy atom. The molecule has 5 nitrogen and oxygen atoms in total. The van der Waals surface area contributed by atoms with Gasteiger partial charge in [-0.15, -0.1) is 24.0 Å². The lowest BCUT2D eigenvalue weighted by molar-refractivity contribution is 0.245. The number of likely N-dealkylation sites (tertiary alicyclic amines) is 1. The third-order valence-corrected chi connectivity index (χ3v) is 5.51. The Hall–Kier alpha value is -0.670. The van der Waals surface area contributed by atoms with Gasteiger partial charge in [0.2, 0.25) is 0 Å². The molecule has 1 atom stereocenters. The van der Waals surface area contributed by atoms with Gasteiger partial charge in [0.25, 0.3) is 0 Å². The minimum absolute atomic E-state index is 0. The summed E-state index contributed by atoms with van der Waals surface area (Å²) in [6.07, 6.45) is 7.13. The van der Waals surface area contributed by atoms with E-state index in [1.807, 2.05) is 24.9 Å². The fraction of sp³-hybridized carbons (Fsp3) is 0.650. The second kappa shape index (κ2) is 14.3. The van der Waals surface area contributed by atoms with Crippen LogP contribution in [0.5, 0.6) is 5.75 Å². The summed E-state index contributed by atoms with van der Waals surface area (Å²) in [5.41, 5.74) is 1.30. The average Bonchev–Trinajstić information content (AvgIpc) is 3.21. The van der Waals surface area contributed by atoms with E-state index in [1.165, 1.54) is 37.0 Å². The zero-order valence-electron chi connectivity index (χ0n) is 16.9. The number of guanidine groups is 1. The molecule has 27 heavy (non-hydrogen) atoms. The molecule has 1 aliphatic rings. The molecular weight excluding hydrogens is 471 g/mol. The van der Waals surface area contributed by atoms with E-state index >= 15 is 0 Å². The summed E-state index contributed by atoms with van der Waals surface area (Å²) in [6.45, 7) is 4.12. The number of hydrogen-bond acceptors (Lipinski definition) is 4. The molecule has 1 saturated heterocycles. The molecule has 1 unspecified atom stereocenters. The van der Waals surface area contributed by atoms with E-state index in [-0.39, 0.29) is 24.0 Å². The first kappa shape index (κ1) is 24.4. The van der Waals surface area contributed by atoms with Crippen LogP contribution in [0.15, 0.2) is 29.3 Å². The highest BCUT2D eigenvalue weighted by molar-refractivity contribution is 14.0. The van der Waals surface area contributed by atoms with Crippen molar-refractivity contribution in [2.75, 3.05) is 52.3 Å². The van der Waals surface area contributed by atoms with Gasteiger partial charge in [-0.05, 0) is 68.5 Å². The van der Waals surface area contributed by atoms with Gasteiger partial charge in [0.05, 0.1) is 13.2 Å². The maximum Gasteiger partial charge on any atom is 0.191 e. The van der Waals surface area contributed by atoms with E-state index in [2.05, 4.69) is 45.0 Å². The lowest BCUT2D eigenvalue weighted by Crippen LogP contribution is -2.43. The van der Waals surface area contributed by atoms with Crippen LogP contribution >= 0.6 is 35.7 Å². The number of benzene rings is 1. The quantitative estimate of drug-likeness (QED) is 0.219. The van der Waals surface area contributed by atoms with Crippen molar-refractivity contribution in [1.29, 1.82) is 0 Å². The lowest BCUT2D eigenvalue weighted by atomic mass is 10.1.